The normalized spacial score (nSPS) is 14.6. The molecular formula is C18H23F3N2O4. The van der Waals surface area contributed by atoms with E-state index in [9.17, 15) is 27.6 Å². The van der Waals surface area contributed by atoms with Crippen molar-refractivity contribution in [1.82, 2.24) is 10.2 Å². The first kappa shape index (κ1) is 22.5. The SMILES string of the molecule is CC(=O)NC(C(=O)O)C(C)C.O=C1CCCN1Cc1cc(F)cc(F)c1F. The lowest BCUT2D eigenvalue weighted by molar-refractivity contribution is -0.142. The van der Waals surface area contributed by atoms with Crippen LogP contribution in [0.5, 0.6) is 0 Å². The van der Waals surface area contributed by atoms with Crippen LogP contribution in [0.15, 0.2) is 12.1 Å². The van der Waals surface area contributed by atoms with E-state index < -0.39 is 29.5 Å². The average molecular weight is 388 g/mol. The van der Waals surface area contributed by atoms with Crippen LogP contribution < -0.4 is 5.32 Å². The standard InChI is InChI=1S/C11H10F3NO.C7H13NO3/c12-8-4-7(11(14)9(13)5-8)6-15-3-1-2-10(15)16;1-4(2)6(7(10)11)8-5(3)9/h4-5H,1-3,6H2;4,6H,1-3H3,(H,8,9)(H,10,11). The minimum Gasteiger partial charge on any atom is -0.480 e. The second kappa shape index (κ2) is 9.94. The van der Waals surface area contributed by atoms with Crippen molar-refractivity contribution in [3.63, 3.8) is 0 Å². The summed E-state index contributed by atoms with van der Waals surface area (Å²) in [5.74, 6) is -4.63. The minimum absolute atomic E-state index is 0.0701. The number of amides is 2. The summed E-state index contributed by atoms with van der Waals surface area (Å²) in [5, 5.41) is 10.9. The Bertz CT molecular complexity index is 710. The van der Waals surface area contributed by atoms with Crippen LogP contribution in [0, 0.1) is 23.4 Å². The number of hydrogen-bond acceptors (Lipinski definition) is 3. The van der Waals surface area contributed by atoms with Gasteiger partial charge in [0.1, 0.15) is 11.9 Å². The minimum atomic E-state index is -1.22. The van der Waals surface area contributed by atoms with Gasteiger partial charge in [0.2, 0.25) is 11.8 Å². The van der Waals surface area contributed by atoms with Gasteiger partial charge < -0.3 is 15.3 Å². The summed E-state index contributed by atoms with van der Waals surface area (Å²) in [4.78, 5) is 33.6. The summed E-state index contributed by atoms with van der Waals surface area (Å²) in [6.07, 6.45) is 1.12. The molecule has 6 nitrogen and oxygen atoms in total. The van der Waals surface area contributed by atoms with Gasteiger partial charge in [-0.15, -0.1) is 0 Å². The summed E-state index contributed by atoms with van der Waals surface area (Å²) in [6.45, 7) is 5.23. The number of carbonyl (C=O) groups is 3. The quantitative estimate of drug-likeness (QED) is 0.759. The van der Waals surface area contributed by atoms with Gasteiger partial charge in [0.05, 0.1) is 0 Å². The van der Waals surface area contributed by atoms with E-state index in [1.165, 1.54) is 11.8 Å². The number of carboxylic acids is 1. The maximum absolute atomic E-state index is 13.3. The molecule has 1 unspecified atom stereocenters. The van der Waals surface area contributed by atoms with Crippen molar-refractivity contribution in [2.45, 2.75) is 46.2 Å². The van der Waals surface area contributed by atoms with Gasteiger partial charge in [0, 0.05) is 38.1 Å². The predicted octanol–water partition coefficient (Wildman–Crippen LogP) is 2.46. The number of nitrogens with zero attached hydrogens (tertiary/aromatic N) is 1. The third kappa shape index (κ3) is 6.92. The van der Waals surface area contributed by atoms with Crippen molar-refractivity contribution >= 4 is 17.8 Å². The van der Waals surface area contributed by atoms with Crippen LogP contribution in [-0.2, 0) is 20.9 Å². The zero-order valence-electron chi connectivity index (χ0n) is 15.4. The van der Waals surface area contributed by atoms with Crippen LogP contribution in [0.25, 0.3) is 0 Å². The van der Waals surface area contributed by atoms with E-state index in [0.717, 1.165) is 6.07 Å². The van der Waals surface area contributed by atoms with Crippen LogP contribution >= 0.6 is 0 Å². The largest absolute Gasteiger partial charge is 0.480 e. The first-order valence-corrected chi connectivity index (χ1v) is 8.44. The van der Waals surface area contributed by atoms with E-state index in [4.69, 9.17) is 5.11 Å². The molecular weight excluding hydrogens is 365 g/mol. The van der Waals surface area contributed by atoms with Crippen molar-refractivity contribution in [2.75, 3.05) is 6.54 Å². The Labute approximate surface area is 155 Å². The summed E-state index contributed by atoms with van der Waals surface area (Å²) in [5.41, 5.74) is -0.118. The number of nitrogens with one attached hydrogen (secondary N) is 1. The van der Waals surface area contributed by atoms with Gasteiger partial charge in [-0.1, -0.05) is 13.8 Å². The number of carboxylic acid groups (broad SMARTS) is 1. The van der Waals surface area contributed by atoms with Gasteiger partial charge in [-0.25, -0.2) is 18.0 Å². The zero-order valence-corrected chi connectivity index (χ0v) is 15.4. The highest BCUT2D eigenvalue weighted by Gasteiger charge is 2.23. The third-order valence-electron chi connectivity index (χ3n) is 3.89. The molecule has 0 bridgehead atoms. The van der Waals surface area contributed by atoms with Crippen LogP contribution in [0.1, 0.15) is 39.2 Å². The summed E-state index contributed by atoms with van der Waals surface area (Å²) < 4.78 is 39.0. The summed E-state index contributed by atoms with van der Waals surface area (Å²) >= 11 is 0. The smallest absolute Gasteiger partial charge is 0.326 e. The van der Waals surface area contributed by atoms with Gasteiger partial charge in [-0.2, -0.15) is 0 Å². The molecule has 1 heterocycles. The fraction of sp³-hybridized carbons (Fsp3) is 0.500. The van der Waals surface area contributed by atoms with Crippen LogP contribution in [0.2, 0.25) is 0 Å². The molecule has 2 rings (SSSR count). The van der Waals surface area contributed by atoms with Gasteiger partial charge in [-0.3, -0.25) is 9.59 Å². The molecule has 0 saturated carbocycles. The highest BCUT2D eigenvalue weighted by molar-refractivity contribution is 5.82. The number of hydrogen-bond donors (Lipinski definition) is 2. The van der Waals surface area contributed by atoms with E-state index in [2.05, 4.69) is 5.32 Å². The van der Waals surface area contributed by atoms with E-state index in [-0.39, 0.29) is 29.8 Å². The molecule has 27 heavy (non-hydrogen) atoms. The van der Waals surface area contributed by atoms with Gasteiger partial charge >= 0.3 is 5.97 Å². The maximum atomic E-state index is 13.3. The van der Waals surface area contributed by atoms with Gasteiger partial charge in [0.25, 0.3) is 0 Å². The molecule has 1 aromatic rings. The predicted molar refractivity (Wildman–Crippen MR) is 91.0 cm³/mol. The van der Waals surface area contributed by atoms with Crippen molar-refractivity contribution in [2.24, 2.45) is 5.92 Å². The lowest BCUT2D eigenvalue weighted by atomic mass is 10.1. The molecule has 1 aliphatic rings. The number of rotatable bonds is 5. The lowest BCUT2D eigenvalue weighted by Gasteiger charge is -2.16. The summed E-state index contributed by atoms with van der Waals surface area (Å²) in [6, 6.07) is 0.641. The monoisotopic (exact) mass is 388 g/mol. The van der Waals surface area contributed by atoms with E-state index >= 15 is 0 Å². The van der Waals surface area contributed by atoms with Crippen LogP contribution in [-0.4, -0.2) is 40.4 Å². The Kier molecular flexibility index (Phi) is 8.27. The first-order chi connectivity index (χ1) is 12.5. The number of likely N-dealkylation sites (tertiary alicyclic amines) is 1. The van der Waals surface area contributed by atoms with Crippen LogP contribution in [0.3, 0.4) is 0 Å². The highest BCUT2D eigenvalue weighted by atomic mass is 19.2. The Morgan fingerprint density at radius 1 is 1.26 bits per heavy atom. The summed E-state index contributed by atoms with van der Waals surface area (Å²) in [7, 11) is 0. The van der Waals surface area contributed by atoms with Gasteiger partial charge in [0.15, 0.2) is 11.6 Å². The molecule has 2 amide bonds. The molecule has 0 aliphatic carbocycles. The van der Waals surface area contributed by atoms with Crippen LogP contribution in [0.4, 0.5) is 13.2 Å². The zero-order chi connectivity index (χ0) is 20.7. The Hall–Kier alpha value is -2.58. The van der Waals surface area contributed by atoms with Crippen molar-refractivity contribution < 1.29 is 32.7 Å². The second-order valence-corrected chi connectivity index (χ2v) is 6.54. The highest BCUT2D eigenvalue weighted by Crippen LogP contribution is 2.19. The molecule has 1 saturated heterocycles. The Morgan fingerprint density at radius 2 is 1.89 bits per heavy atom. The molecule has 1 fully saturated rings. The molecule has 150 valence electrons. The fourth-order valence-corrected chi connectivity index (χ4v) is 2.53. The molecule has 0 aromatic heterocycles. The third-order valence-corrected chi connectivity index (χ3v) is 3.89. The first-order valence-electron chi connectivity index (χ1n) is 8.44. The number of aliphatic carboxylic acids is 1. The van der Waals surface area contributed by atoms with Gasteiger partial charge in [-0.05, 0) is 18.4 Å². The van der Waals surface area contributed by atoms with Crippen molar-refractivity contribution in [3.05, 3.63) is 35.1 Å². The molecule has 9 heteroatoms. The molecule has 1 aliphatic heterocycles. The van der Waals surface area contributed by atoms with E-state index in [0.29, 0.717) is 25.5 Å². The number of carbonyl (C=O) groups excluding carboxylic acids is 2. The van der Waals surface area contributed by atoms with Crippen molar-refractivity contribution in [1.29, 1.82) is 0 Å². The van der Waals surface area contributed by atoms with E-state index in [1.54, 1.807) is 13.8 Å². The van der Waals surface area contributed by atoms with Crippen molar-refractivity contribution in [3.8, 4) is 0 Å². The number of halogens is 3. The molecule has 0 radical (unpaired) electrons. The second-order valence-electron chi connectivity index (χ2n) is 6.54. The van der Waals surface area contributed by atoms with E-state index in [1.807, 2.05) is 0 Å². The molecule has 1 aromatic carbocycles. The maximum Gasteiger partial charge on any atom is 0.326 e. The lowest BCUT2D eigenvalue weighted by Crippen LogP contribution is -2.43. The molecule has 0 spiro atoms. The Balaban J connectivity index is 0.000000293. The number of benzene rings is 1. The molecule has 2 N–H and O–H groups in total. The Morgan fingerprint density at radius 3 is 2.30 bits per heavy atom. The molecule has 1 atom stereocenters. The topological polar surface area (TPSA) is 86.7 Å². The fourth-order valence-electron chi connectivity index (χ4n) is 2.53. The average Bonchev–Trinajstić information content (AvgIpc) is 2.95.